The van der Waals surface area contributed by atoms with Gasteiger partial charge in [0, 0.05) is 56.9 Å². The van der Waals surface area contributed by atoms with Crippen molar-refractivity contribution in [1.29, 1.82) is 0 Å². The number of alkyl halides is 2. The van der Waals surface area contributed by atoms with Crippen molar-refractivity contribution in [2.24, 2.45) is 0 Å². The van der Waals surface area contributed by atoms with Crippen LogP contribution in [0.2, 0.25) is 0 Å². The largest absolute Gasteiger partial charge is 0.495 e. The lowest BCUT2D eigenvalue weighted by Crippen LogP contribution is -2.54. The topological polar surface area (TPSA) is 217 Å². The Morgan fingerprint density at radius 1 is 0.955 bits per heavy atom. The van der Waals surface area contributed by atoms with Crippen molar-refractivity contribution in [2.45, 2.75) is 75.4 Å². The molecule has 19 nitrogen and oxygen atoms in total. The van der Waals surface area contributed by atoms with Crippen LogP contribution in [0, 0.1) is 5.82 Å². The van der Waals surface area contributed by atoms with Crippen LogP contribution < -0.4 is 35.8 Å². The van der Waals surface area contributed by atoms with E-state index in [0.29, 0.717) is 64.4 Å². The van der Waals surface area contributed by atoms with Crippen LogP contribution in [0.5, 0.6) is 5.75 Å². The number of hydrogen-bond acceptors (Lipinski definition) is 15. The van der Waals surface area contributed by atoms with Crippen LogP contribution in [-0.4, -0.2) is 153 Å². The molecule has 3 aromatic rings. The number of carbonyl (C=O) groups excluding carboxylic acids is 6. The summed E-state index contributed by atoms with van der Waals surface area (Å²) in [6.07, 6.45) is 5.95. The number of halogens is 3. The number of carbonyl (C=O) groups is 6. The summed E-state index contributed by atoms with van der Waals surface area (Å²) >= 11 is 0. The molecule has 2 aromatic carbocycles. The first-order chi connectivity index (χ1) is 32.2. The summed E-state index contributed by atoms with van der Waals surface area (Å²) in [4.78, 5) is 90.7. The molecule has 3 fully saturated rings. The van der Waals surface area contributed by atoms with Crippen molar-refractivity contribution >= 4 is 64.3 Å². The number of hydrogen-bond donors (Lipinski definition) is 4. The lowest BCUT2D eigenvalue weighted by molar-refractivity contribution is -0.140. The summed E-state index contributed by atoms with van der Waals surface area (Å²) in [6, 6.07) is 5.66. The normalized spacial score (nSPS) is 21.0. The Balaban J connectivity index is 0.775. The third-order valence-electron chi connectivity index (χ3n) is 12.7. The van der Waals surface area contributed by atoms with E-state index in [0.717, 1.165) is 41.7 Å². The Morgan fingerprint density at radius 2 is 1.73 bits per heavy atom. The summed E-state index contributed by atoms with van der Waals surface area (Å²) in [7, 11) is 2.62. The molecule has 0 radical (unpaired) electrons. The lowest BCUT2D eigenvalue weighted by Gasteiger charge is -2.33. The molecule has 0 bridgehead atoms. The molecule has 1 saturated carbocycles. The predicted molar refractivity (Wildman–Crippen MR) is 236 cm³/mol. The van der Waals surface area contributed by atoms with Crippen molar-refractivity contribution in [2.75, 3.05) is 93.7 Å². The maximum atomic E-state index is 15.7. The van der Waals surface area contributed by atoms with Gasteiger partial charge in [0.05, 0.1) is 68.7 Å². The van der Waals surface area contributed by atoms with E-state index in [1.165, 1.54) is 37.4 Å². The Morgan fingerprint density at radius 3 is 2.49 bits per heavy atom. The number of methoxy groups -OCH3 is 1. The minimum Gasteiger partial charge on any atom is -0.495 e. The standard InChI is InChI=1S/C45H53F3N10O9/c1-55-34-23-50-44(54-38(34)57(27-8-3-4-9-27)25-45(47,48)43(55)64)52-32-22-30(46)29(21-35(32)65-2)39(60)51-26-7-6-15-56(24-26)16-18-67-20-19-66-17-14-49-31-11-5-10-28-37(31)42(63)58(41(28)62)33-12-13-36(59)53-40(33)61/h5,10-11,21-23,26-27,33,49H,3-4,6-9,12-20,24-25H2,1-2H3,(H,51,60)(H,50,52,54)(H,53,59,61). The molecule has 22 heteroatoms. The second-order valence-electron chi connectivity index (χ2n) is 17.1. The molecule has 358 valence electrons. The van der Waals surface area contributed by atoms with Crippen LogP contribution >= 0.6 is 0 Å². The number of amides is 6. The number of nitrogens with one attached hydrogen (secondary N) is 4. The summed E-state index contributed by atoms with van der Waals surface area (Å²) in [5.74, 6) is -8.50. The fourth-order valence-corrected chi connectivity index (χ4v) is 9.29. The molecule has 5 aliphatic rings. The Hall–Kier alpha value is -6.39. The number of nitrogens with zero attached hydrogens (tertiary/aromatic N) is 6. The van der Waals surface area contributed by atoms with Gasteiger partial charge in [-0.2, -0.15) is 13.8 Å². The third-order valence-corrected chi connectivity index (χ3v) is 12.7. The van der Waals surface area contributed by atoms with Crippen molar-refractivity contribution in [3.05, 3.63) is 59.0 Å². The molecule has 1 aliphatic carbocycles. The maximum absolute atomic E-state index is 15.7. The van der Waals surface area contributed by atoms with E-state index in [1.54, 1.807) is 12.1 Å². The quantitative estimate of drug-likeness (QED) is 0.113. The van der Waals surface area contributed by atoms with Crippen LogP contribution in [0.1, 0.15) is 82.4 Å². The van der Waals surface area contributed by atoms with Gasteiger partial charge in [0.25, 0.3) is 23.6 Å². The monoisotopic (exact) mass is 934 g/mol. The Kier molecular flexibility index (Phi) is 14.2. The zero-order valence-corrected chi connectivity index (χ0v) is 37.2. The molecular weight excluding hydrogens is 882 g/mol. The molecule has 5 heterocycles. The number of ether oxygens (including phenoxy) is 3. The molecule has 2 atom stereocenters. The summed E-state index contributed by atoms with van der Waals surface area (Å²) in [5, 5.41) is 11.2. The van der Waals surface area contributed by atoms with Crippen molar-refractivity contribution in [3.63, 3.8) is 0 Å². The Bertz CT molecular complexity index is 2420. The molecule has 2 saturated heterocycles. The van der Waals surface area contributed by atoms with E-state index < -0.39 is 59.8 Å². The van der Waals surface area contributed by atoms with Gasteiger partial charge >= 0.3 is 5.92 Å². The molecule has 1 aromatic heterocycles. The summed E-state index contributed by atoms with van der Waals surface area (Å²) in [6.45, 7) is 2.73. The highest BCUT2D eigenvalue weighted by Gasteiger charge is 2.49. The van der Waals surface area contributed by atoms with Gasteiger partial charge < -0.3 is 40.0 Å². The van der Waals surface area contributed by atoms with Gasteiger partial charge in [-0.15, -0.1) is 0 Å². The zero-order chi connectivity index (χ0) is 47.4. The number of likely N-dealkylation sites (tertiary alicyclic amines) is 1. The molecule has 4 aliphatic heterocycles. The first kappa shape index (κ1) is 47.1. The maximum Gasteiger partial charge on any atom is 0.342 e. The van der Waals surface area contributed by atoms with Crippen molar-refractivity contribution < 1.29 is 56.1 Å². The second-order valence-corrected chi connectivity index (χ2v) is 17.1. The van der Waals surface area contributed by atoms with Crippen LogP contribution in [0.25, 0.3) is 0 Å². The fraction of sp³-hybridized carbons (Fsp3) is 0.511. The predicted octanol–water partition coefficient (Wildman–Crippen LogP) is 3.47. The van der Waals surface area contributed by atoms with E-state index in [1.807, 2.05) is 0 Å². The van der Waals surface area contributed by atoms with E-state index in [4.69, 9.17) is 14.2 Å². The number of rotatable bonds is 17. The number of imide groups is 2. The minimum absolute atomic E-state index is 0.0347. The van der Waals surface area contributed by atoms with Gasteiger partial charge in [-0.1, -0.05) is 18.9 Å². The molecule has 8 rings (SSSR count). The van der Waals surface area contributed by atoms with Gasteiger partial charge in [-0.05, 0) is 56.8 Å². The van der Waals surface area contributed by atoms with Crippen molar-refractivity contribution in [3.8, 4) is 5.75 Å². The minimum atomic E-state index is -3.64. The van der Waals surface area contributed by atoms with E-state index >= 15 is 13.2 Å². The second kappa shape index (κ2) is 20.2. The van der Waals surface area contributed by atoms with E-state index in [9.17, 15) is 28.8 Å². The molecule has 2 unspecified atom stereocenters. The van der Waals surface area contributed by atoms with Gasteiger partial charge in [-0.3, -0.25) is 43.9 Å². The fourth-order valence-electron chi connectivity index (χ4n) is 9.29. The lowest BCUT2D eigenvalue weighted by atomic mass is 10.0. The number of fused-ring (bicyclic) bond motifs is 2. The molecule has 4 N–H and O–H groups in total. The summed E-state index contributed by atoms with van der Waals surface area (Å²) in [5.41, 5.74) is 0.792. The average Bonchev–Trinajstić information content (AvgIpc) is 3.92. The molecular formula is C45H53F3N10O9. The average molecular weight is 935 g/mol. The van der Waals surface area contributed by atoms with Gasteiger partial charge in [0.15, 0.2) is 5.82 Å². The van der Waals surface area contributed by atoms with Gasteiger partial charge in [-0.25, -0.2) is 9.37 Å². The number of piperidine rings is 2. The third kappa shape index (κ3) is 10.2. The van der Waals surface area contributed by atoms with E-state index in [2.05, 4.69) is 36.1 Å². The van der Waals surface area contributed by atoms with Crippen LogP contribution in [0.15, 0.2) is 36.5 Å². The van der Waals surface area contributed by atoms with Crippen LogP contribution in [0.4, 0.5) is 42.0 Å². The molecule has 67 heavy (non-hydrogen) atoms. The first-order valence-electron chi connectivity index (χ1n) is 22.5. The van der Waals surface area contributed by atoms with Crippen LogP contribution in [0.3, 0.4) is 0 Å². The zero-order valence-electron chi connectivity index (χ0n) is 37.2. The Labute approximate surface area is 384 Å². The highest BCUT2D eigenvalue weighted by Crippen LogP contribution is 2.40. The molecule has 6 amide bonds. The first-order valence-corrected chi connectivity index (χ1v) is 22.5. The SMILES string of the molecule is COc1cc(C(=O)NC2CCCN(CCOCCOCCNc3cccc4c3C(=O)N(C3CCC(=O)NC3=O)C4=O)C2)c(F)cc1Nc1ncc2c(n1)N(C1CCCC1)CC(F)(F)C(=O)N2C. The van der Waals surface area contributed by atoms with Crippen LogP contribution in [-0.2, 0) is 23.9 Å². The molecule has 0 spiro atoms. The number of aromatic nitrogens is 2. The summed E-state index contributed by atoms with van der Waals surface area (Å²) < 4.78 is 62.8. The van der Waals surface area contributed by atoms with Gasteiger partial charge in [0.1, 0.15) is 23.3 Å². The van der Waals surface area contributed by atoms with Gasteiger partial charge in [0.2, 0.25) is 17.8 Å². The van der Waals surface area contributed by atoms with E-state index in [-0.39, 0.29) is 77.1 Å². The highest BCUT2D eigenvalue weighted by atomic mass is 19.3. The smallest absolute Gasteiger partial charge is 0.342 e. The van der Waals surface area contributed by atoms with Crippen molar-refractivity contribution in [1.82, 2.24) is 30.4 Å². The highest BCUT2D eigenvalue weighted by molar-refractivity contribution is 6.25. The number of benzene rings is 2. The number of anilines is 5.